The molecule has 0 aliphatic carbocycles. The SMILES string of the molecule is COc1ccccc1NC(=O)[C@H]1CC(=O)N(C)C(=Nc2ccc3c(c2)OCO3)S1. The lowest BCUT2D eigenvalue weighted by Crippen LogP contribution is -2.43. The van der Waals surface area contributed by atoms with Gasteiger partial charge in [-0.2, -0.15) is 0 Å². The molecule has 2 amide bonds. The van der Waals surface area contributed by atoms with E-state index < -0.39 is 5.25 Å². The summed E-state index contributed by atoms with van der Waals surface area (Å²) in [6, 6.07) is 12.4. The number of hydrogen-bond donors (Lipinski definition) is 1. The Bertz CT molecular complexity index is 994. The van der Waals surface area contributed by atoms with E-state index in [4.69, 9.17) is 14.2 Å². The summed E-state index contributed by atoms with van der Waals surface area (Å²) in [6.45, 7) is 0.174. The number of thioether (sulfide) groups is 1. The van der Waals surface area contributed by atoms with Gasteiger partial charge in [0.25, 0.3) is 0 Å². The first-order valence-corrected chi connectivity index (χ1v) is 9.78. The molecule has 0 bridgehead atoms. The standard InChI is InChI=1S/C20H19N3O5S/c1-23-18(24)10-17(19(25)22-13-5-3-4-6-14(13)26-2)29-20(23)21-12-7-8-15-16(9-12)28-11-27-15/h3-9,17H,10-11H2,1-2H3,(H,22,25)/t17-/m1/s1. The van der Waals surface area contributed by atoms with Crippen LogP contribution in [0.25, 0.3) is 0 Å². The molecule has 0 radical (unpaired) electrons. The highest BCUT2D eigenvalue weighted by Gasteiger charge is 2.34. The summed E-state index contributed by atoms with van der Waals surface area (Å²) in [7, 11) is 3.18. The van der Waals surface area contributed by atoms with Crippen LogP contribution in [0.15, 0.2) is 47.5 Å². The molecular weight excluding hydrogens is 394 g/mol. The first kappa shape index (κ1) is 19.1. The number of rotatable bonds is 4. The van der Waals surface area contributed by atoms with Gasteiger partial charge in [-0.05, 0) is 24.3 Å². The van der Waals surface area contributed by atoms with Crippen LogP contribution in [0, 0.1) is 0 Å². The van der Waals surface area contributed by atoms with Gasteiger partial charge in [0.05, 0.1) is 18.5 Å². The highest BCUT2D eigenvalue weighted by Crippen LogP contribution is 2.36. The Balaban J connectivity index is 1.54. The predicted octanol–water partition coefficient (Wildman–Crippen LogP) is 3.01. The molecule has 1 fully saturated rings. The van der Waals surface area contributed by atoms with Crippen LogP contribution in [0.5, 0.6) is 17.2 Å². The fourth-order valence-corrected chi connectivity index (χ4v) is 3.99. The number of nitrogens with one attached hydrogen (secondary N) is 1. The Kier molecular flexibility index (Phi) is 5.30. The van der Waals surface area contributed by atoms with Crippen LogP contribution < -0.4 is 19.5 Å². The number of aliphatic imine (C=N–C) groups is 1. The minimum Gasteiger partial charge on any atom is -0.495 e. The van der Waals surface area contributed by atoms with Gasteiger partial charge in [0, 0.05) is 19.5 Å². The smallest absolute Gasteiger partial charge is 0.238 e. The van der Waals surface area contributed by atoms with E-state index in [2.05, 4.69) is 10.3 Å². The Morgan fingerprint density at radius 3 is 2.86 bits per heavy atom. The van der Waals surface area contributed by atoms with Gasteiger partial charge in [-0.3, -0.25) is 14.5 Å². The van der Waals surface area contributed by atoms with Gasteiger partial charge in [0.15, 0.2) is 16.7 Å². The van der Waals surface area contributed by atoms with Crippen LogP contribution >= 0.6 is 11.8 Å². The van der Waals surface area contributed by atoms with Gasteiger partial charge < -0.3 is 19.5 Å². The third kappa shape index (κ3) is 4.00. The Morgan fingerprint density at radius 2 is 2.03 bits per heavy atom. The second-order valence-corrected chi connectivity index (χ2v) is 7.55. The van der Waals surface area contributed by atoms with Crippen molar-refractivity contribution in [3.63, 3.8) is 0 Å². The molecule has 4 rings (SSSR count). The van der Waals surface area contributed by atoms with E-state index in [1.165, 1.54) is 23.8 Å². The van der Waals surface area contributed by atoms with Crippen LogP contribution in [0.2, 0.25) is 0 Å². The van der Waals surface area contributed by atoms with Gasteiger partial charge in [-0.1, -0.05) is 23.9 Å². The Labute approximate surface area is 171 Å². The van der Waals surface area contributed by atoms with Crippen molar-refractivity contribution in [2.45, 2.75) is 11.7 Å². The van der Waals surface area contributed by atoms with E-state index in [-0.39, 0.29) is 25.0 Å². The average molecular weight is 413 g/mol. The number of carbonyl (C=O) groups excluding carboxylic acids is 2. The molecule has 29 heavy (non-hydrogen) atoms. The van der Waals surface area contributed by atoms with E-state index in [0.29, 0.717) is 33.8 Å². The average Bonchev–Trinajstić information content (AvgIpc) is 3.19. The summed E-state index contributed by atoms with van der Waals surface area (Å²) >= 11 is 1.24. The van der Waals surface area contributed by atoms with Gasteiger partial charge in [0.2, 0.25) is 18.6 Å². The predicted molar refractivity (Wildman–Crippen MR) is 110 cm³/mol. The number of carbonyl (C=O) groups is 2. The van der Waals surface area contributed by atoms with Crippen LogP contribution in [0.4, 0.5) is 11.4 Å². The number of anilines is 1. The van der Waals surface area contributed by atoms with Gasteiger partial charge >= 0.3 is 0 Å². The Hall–Kier alpha value is -3.20. The lowest BCUT2D eigenvalue weighted by molar-refractivity contribution is -0.128. The zero-order chi connectivity index (χ0) is 20.4. The minimum absolute atomic E-state index is 0.0856. The Morgan fingerprint density at radius 1 is 1.24 bits per heavy atom. The van der Waals surface area contributed by atoms with Crippen molar-refractivity contribution in [1.29, 1.82) is 0 Å². The molecular formula is C20H19N3O5S. The topological polar surface area (TPSA) is 89.5 Å². The molecule has 2 aromatic rings. The number of ether oxygens (including phenoxy) is 3. The van der Waals surface area contributed by atoms with Crippen molar-refractivity contribution in [1.82, 2.24) is 4.90 Å². The summed E-state index contributed by atoms with van der Waals surface area (Å²) in [5.41, 5.74) is 1.17. The molecule has 2 aliphatic rings. The number of fused-ring (bicyclic) bond motifs is 1. The maximum absolute atomic E-state index is 12.8. The third-order valence-corrected chi connectivity index (χ3v) is 5.75. The summed E-state index contributed by atoms with van der Waals surface area (Å²) < 4.78 is 15.9. The van der Waals surface area contributed by atoms with E-state index in [1.807, 2.05) is 6.07 Å². The van der Waals surface area contributed by atoms with Gasteiger partial charge in [-0.25, -0.2) is 4.99 Å². The minimum atomic E-state index is -0.601. The lowest BCUT2D eigenvalue weighted by Gasteiger charge is -2.29. The quantitative estimate of drug-likeness (QED) is 0.829. The van der Waals surface area contributed by atoms with Crippen molar-refractivity contribution in [3.8, 4) is 17.2 Å². The molecule has 1 atom stereocenters. The second kappa shape index (κ2) is 8.04. The summed E-state index contributed by atoms with van der Waals surface area (Å²) in [5, 5.41) is 2.68. The number of nitrogens with zero attached hydrogens (tertiary/aromatic N) is 2. The highest BCUT2D eigenvalue weighted by atomic mass is 32.2. The van der Waals surface area contributed by atoms with Crippen molar-refractivity contribution in [2.24, 2.45) is 4.99 Å². The number of methoxy groups -OCH3 is 1. The van der Waals surface area contributed by atoms with Crippen LogP contribution in [-0.2, 0) is 9.59 Å². The maximum atomic E-state index is 12.8. The molecule has 1 saturated heterocycles. The summed E-state index contributed by atoms with van der Waals surface area (Å²) in [4.78, 5) is 31.2. The number of amidine groups is 1. The largest absolute Gasteiger partial charge is 0.495 e. The van der Waals surface area contributed by atoms with Crippen LogP contribution in [0.3, 0.4) is 0 Å². The number of hydrogen-bond acceptors (Lipinski definition) is 7. The molecule has 0 spiro atoms. The second-order valence-electron chi connectivity index (χ2n) is 6.38. The molecule has 0 unspecified atom stereocenters. The van der Waals surface area contributed by atoms with E-state index >= 15 is 0 Å². The van der Waals surface area contributed by atoms with E-state index in [1.54, 1.807) is 43.4 Å². The molecule has 2 heterocycles. The highest BCUT2D eigenvalue weighted by molar-refractivity contribution is 8.15. The first-order chi connectivity index (χ1) is 14.0. The zero-order valence-corrected chi connectivity index (χ0v) is 16.7. The monoisotopic (exact) mass is 413 g/mol. The van der Waals surface area contributed by atoms with Crippen LogP contribution in [0.1, 0.15) is 6.42 Å². The van der Waals surface area contributed by atoms with E-state index in [0.717, 1.165) is 0 Å². The van der Waals surface area contributed by atoms with Crippen LogP contribution in [-0.4, -0.2) is 48.1 Å². The summed E-state index contributed by atoms with van der Waals surface area (Å²) in [5.74, 6) is 1.36. The molecule has 0 aromatic heterocycles. The lowest BCUT2D eigenvalue weighted by atomic mass is 10.2. The fourth-order valence-electron chi connectivity index (χ4n) is 2.92. The van der Waals surface area contributed by atoms with E-state index in [9.17, 15) is 9.59 Å². The number of amides is 2. The van der Waals surface area contributed by atoms with Gasteiger partial charge in [-0.15, -0.1) is 0 Å². The zero-order valence-electron chi connectivity index (χ0n) is 15.9. The molecule has 2 aromatic carbocycles. The third-order valence-electron chi connectivity index (χ3n) is 4.51. The molecule has 9 heteroatoms. The number of para-hydroxylation sites is 2. The fraction of sp³-hybridized carbons (Fsp3) is 0.250. The molecule has 1 N–H and O–H groups in total. The first-order valence-electron chi connectivity index (χ1n) is 8.90. The van der Waals surface area contributed by atoms with Crippen molar-refractivity contribution >= 4 is 40.1 Å². The normalized spacial score (nSPS) is 19.4. The maximum Gasteiger partial charge on any atom is 0.238 e. The number of benzene rings is 2. The van der Waals surface area contributed by atoms with Crippen molar-refractivity contribution in [3.05, 3.63) is 42.5 Å². The molecule has 8 nitrogen and oxygen atoms in total. The molecule has 0 saturated carbocycles. The summed E-state index contributed by atoms with van der Waals surface area (Å²) in [6.07, 6.45) is 0.0856. The van der Waals surface area contributed by atoms with Crippen molar-refractivity contribution < 1.29 is 23.8 Å². The van der Waals surface area contributed by atoms with Crippen molar-refractivity contribution in [2.75, 3.05) is 26.3 Å². The molecule has 150 valence electrons. The molecule has 2 aliphatic heterocycles. The van der Waals surface area contributed by atoms with Gasteiger partial charge in [0.1, 0.15) is 11.0 Å².